The molecule has 1 saturated heterocycles. The van der Waals surface area contributed by atoms with Gasteiger partial charge in [0, 0.05) is 12.5 Å². The Bertz CT molecular complexity index is 582. The molecule has 0 N–H and O–H groups in total. The van der Waals surface area contributed by atoms with Gasteiger partial charge in [-0.1, -0.05) is 58.0 Å². The molecular formula is C22H36O4Si. The topological polar surface area (TPSA) is 44.8 Å². The molecule has 1 aromatic carbocycles. The first kappa shape index (κ1) is 22.3. The molecule has 0 unspecified atom stereocenters. The summed E-state index contributed by atoms with van der Waals surface area (Å²) in [5, 5.41) is 0.131. The van der Waals surface area contributed by atoms with E-state index in [1.54, 1.807) is 0 Å². The van der Waals surface area contributed by atoms with Crippen molar-refractivity contribution in [2.45, 2.75) is 83.6 Å². The second-order valence-electron chi connectivity index (χ2n) is 9.15. The molecule has 2 rings (SSSR count). The Balaban J connectivity index is 2.16. The molecule has 1 heterocycles. The number of hydrogen-bond donors (Lipinski definition) is 0. The molecule has 27 heavy (non-hydrogen) atoms. The number of benzene rings is 1. The molecule has 0 aliphatic carbocycles. The number of hydrogen-bond acceptors (Lipinski definition) is 4. The summed E-state index contributed by atoms with van der Waals surface area (Å²) in [7, 11) is -1.94. The Labute approximate surface area is 165 Å². The summed E-state index contributed by atoms with van der Waals surface area (Å²) in [5.74, 6) is -0.248. The zero-order valence-corrected chi connectivity index (χ0v) is 18.7. The number of rotatable bonds is 8. The lowest BCUT2D eigenvalue weighted by molar-refractivity contribution is -0.160. The molecule has 1 aromatic rings. The molecule has 0 bridgehead atoms. The molecule has 4 nitrogen and oxygen atoms in total. The third-order valence-corrected chi connectivity index (χ3v) is 10.4. The Hall–Kier alpha value is -1.01. The predicted octanol–water partition coefficient (Wildman–Crippen LogP) is 4.98. The Morgan fingerprint density at radius 3 is 2.52 bits per heavy atom. The van der Waals surface area contributed by atoms with Crippen LogP contribution in [0.15, 0.2) is 30.3 Å². The van der Waals surface area contributed by atoms with Crippen molar-refractivity contribution in [1.82, 2.24) is 0 Å². The van der Waals surface area contributed by atoms with Gasteiger partial charge < -0.3 is 18.7 Å². The molecule has 0 amide bonds. The maximum absolute atomic E-state index is 11.6. The zero-order chi connectivity index (χ0) is 20.1. The van der Waals surface area contributed by atoms with Gasteiger partial charge in [0.1, 0.15) is 12.4 Å². The van der Waals surface area contributed by atoms with E-state index in [1.165, 1.54) is 0 Å². The lowest BCUT2D eigenvalue weighted by Gasteiger charge is -2.45. The fraction of sp³-hybridized carbons (Fsp3) is 0.682. The van der Waals surface area contributed by atoms with Crippen molar-refractivity contribution in [1.29, 1.82) is 0 Å². The molecule has 152 valence electrons. The number of carbonyl (C=O) groups is 1. The minimum atomic E-state index is -1.94. The van der Waals surface area contributed by atoms with Crippen LogP contribution in [0, 0.1) is 5.92 Å². The first-order valence-corrected chi connectivity index (χ1v) is 13.0. The average molecular weight is 393 g/mol. The molecule has 0 aromatic heterocycles. The largest absolute Gasteiger partial charge is 0.411 e. The van der Waals surface area contributed by atoms with Crippen molar-refractivity contribution in [3.63, 3.8) is 0 Å². The van der Waals surface area contributed by atoms with E-state index >= 15 is 0 Å². The molecule has 0 radical (unpaired) electrons. The van der Waals surface area contributed by atoms with E-state index in [2.05, 4.69) is 33.9 Å². The molecule has 1 aliphatic heterocycles. The third-order valence-electron chi connectivity index (χ3n) is 5.90. The van der Waals surface area contributed by atoms with E-state index < -0.39 is 8.32 Å². The molecule has 1 fully saturated rings. The van der Waals surface area contributed by atoms with Gasteiger partial charge in [-0.25, -0.2) is 0 Å². The van der Waals surface area contributed by atoms with Crippen LogP contribution in [0.25, 0.3) is 0 Å². The maximum Gasteiger partial charge on any atom is 0.192 e. The predicted molar refractivity (Wildman–Crippen MR) is 111 cm³/mol. The van der Waals surface area contributed by atoms with Crippen LogP contribution >= 0.6 is 0 Å². The third kappa shape index (κ3) is 5.98. The highest BCUT2D eigenvalue weighted by Gasteiger charge is 2.44. The molecular weight excluding hydrogens is 356 g/mol. The SMILES string of the molecule is C[C@H](C=O)[C@@H](OCc1ccccc1)[C@H]1OCCC[C@@H]1O[Si](C)(C)C(C)(C)C. The molecule has 0 spiro atoms. The van der Waals surface area contributed by atoms with Gasteiger partial charge >= 0.3 is 0 Å². The molecule has 5 heteroatoms. The van der Waals surface area contributed by atoms with Crippen LogP contribution in [0.3, 0.4) is 0 Å². The van der Waals surface area contributed by atoms with Crippen molar-refractivity contribution < 1.29 is 18.7 Å². The van der Waals surface area contributed by atoms with Gasteiger partial charge in [-0.05, 0) is 36.5 Å². The fourth-order valence-electron chi connectivity index (χ4n) is 3.15. The van der Waals surface area contributed by atoms with Gasteiger partial charge in [0.25, 0.3) is 0 Å². The minimum Gasteiger partial charge on any atom is -0.411 e. The van der Waals surface area contributed by atoms with E-state index in [0.29, 0.717) is 13.2 Å². The number of ether oxygens (including phenoxy) is 2. The summed E-state index contributed by atoms with van der Waals surface area (Å²) >= 11 is 0. The van der Waals surface area contributed by atoms with Crippen LogP contribution < -0.4 is 0 Å². The lowest BCUT2D eigenvalue weighted by Crippen LogP contribution is -2.54. The average Bonchev–Trinajstić information content (AvgIpc) is 2.62. The van der Waals surface area contributed by atoms with Crippen molar-refractivity contribution in [2.24, 2.45) is 5.92 Å². The Morgan fingerprint density at radius 1 is 1.26 bits per heavy atom. The summed E-state index contributed by atoms with van der Waals surface area (Å²) < 4.78 is 19.1. The number of aldehydes is 1. The molecule has 0 saturated carbocycles. The highest BCUT2D eigenvalue weighted by atomic mass is 28.4. The van der Waals surface area contributed by atoms with Crippen LogP contribution in [0.1, 0.15) is 46.1 Å². The van der Waals surface area contributed by atoms with Crippen LogP contribution in [-0.2, 0) is 25.3 Å². The van der Waals surface area contributed by atoms with E-state index in [-0.39, 0.29) is 29.3 Å². The van der Waals surface area contributed by atoms with Gasteiger partial charge in [-0.15, -0.1) is 0 Å². The van der Waals surface area contributed by atoms with Gasteiger partial charge in [0.05, 0.1) is 18.8 Å². The highest BCUT2D eigenvalue weighted by molar-refractivity contribution is 6.74. The summed E-state index contributed by atoms with van der Waals surface area (Å²) in [6.07, 6.45) is 2.36. The summed E-state index contributed by atoms with van der Waals surface area (Å²) in [4.78, 5) is 11.6. The number of carbonyl (C=O) groups excluding carboxylic acids is 1. The second kappa shape index (κ2) is 9.46. The van der Waals surface area contributed by atoms with Crippen molar-refractivity contribution in [3.05, 3.63) is 35.9 Å². The van der Waals surface area contributed by atoms with Gasteiger partial charge in [0.2, 0.25) is 0 Å². The zero-order valence-electron chi connectivity index (χ0n) is 17.7. The maximum atomic E-state index is 11.6. The minimum absolute atomic E-state index is 0.0252. The van der Waals surface area contributed by atoms with Crippen LogP contribution in [-0.4, -0.2) is 39.5 Å². The van der Waals surface area contributed by atoms with E-state index in [9.17, 15) is 4.79 Å². The monoisotopic (exact) mass is 392 g/mol. The quantitative estimate of drug-likeness (QED) is 0.462. The van der Waals surface area contributed by atoms with Crippen molar-refractivity contribution in [3.8, 4) is 0 Å². The summed E-state index contributed by atoms with van der Waals surface area (Å²) in [5.41, 5.74) is 1.10. The van der Waals surface area contributed by atoms with E-state index in [4.69, 9.17) is 13.9 Å². The Morgan fingerprint density at radius 2 is 1.93 bits per heavy atom. The molecule has 4 atom stereocenters. The van der Waals surface area contributed by atoms with Gasteiger partial charge in [-0.2, -0.15) is 0 Å². The first-order valence-electron chi connectivity index (χ1n) is 10.1. The Kier molecular flexibility index (Phi) is 7.80. The standard InChI is InChI=1S/C22H36O4Si/c1-17(15-23)20(25-16-18-11-8-7-9-12-18)21-19(13-10-14-24-21)26-27(5,6)22(2,3)4/h7-9,11-12,15,17,19-21H,10,13-14,16H2,1-6H3/t17-,19+,20-,21+/m1/s1. The highest BCUT2D eigenvalue weighted by Crippen LogP contribution is 2.39. The summed E-state index contributed by atoms with van der Waals surface area (Å²) in [6.45, 7) is 14.3. The van der Waals surface area contributed by atoms with E-state index in [1.807, 2.05) is 37.3 Å². The first-order chi connectivity index (χ1) is 12.7. The van der Waals surface area contributed by atoms with Gasteiger partial charge in [-0.3, -0.25) is 0 Å². The van der Waals surface area contributed by atoms with Crippen molar-refractivity contribution >= 4 is 14.6 Å². The normalized spacial score (nSPS) is 23.6. The van der Waals surface area contributed by atoms with Crippen LogP contribution in [0.4, 0.5) is 0 Å². The smallest absolute Gasteiger partial charge is 0.192 e. The molecule has 1 aliphatic rings. The van der Waals surface area contributed by atoms with Crippen LogP contribution in [0.5, 0.6) is 0 Å². The lowest BCUT2D eigenvalue weighted by atomic mass is 9.93. The van der Waals surface area contributed by atoms with Crippen molar-refractivity contribution in [2.75, 3.05) is 6.61 Å². The fourth-order valence-corrected chi connectivity index (χ4v) is 4.52. The van der Waals surface area contributed by atoms with Crippen LogP contribution in [0.2, 0.25) is 18.1 Å². The summed E-state index contributed by atoms with van der Waals surface area (Å²) in [6, 6.07) is 10.1. The van der Waals surface area contributed by atoms with E-state index in [0.717, 1.165) is 24.7 Å². The second-order valence-corrected chi connectivity index (χ2v) is 13.9. The van der Waals surface area contributed by atoms with Gasteiger partial charge in [0.15, 0.2) is 8.32 Å².